The second-order valence-corrected chi connectivity index (χ2v) is 6.02. The molecule has 0 saturated heterocycles. The molecule has 0 atom stereocenters. The second-order valence-electron chi connectivity index (χ2n) is 5.58. The highest BCUT2D eigenvalue weighted by Gasteiger charge is 2.10. The highest BCUT2D eigenvalue weighted by molar-refractivity contribution is 6.31. The summed E-state index contributed by atoms with van der Waals surface area (Å²) in [7, 11) is 1.62. The molecule has 0 spiro atoms. The predicted molar refractivity (Wildman–Crippen MR) is 101 cm³/mol. The third-order valence-corrected chi connectivity index (χ3v) is 4.01. The Hall–Kier alpha value is -3.06. The van der Waals surface area contributed by atoms with Crippen molar-refractivity contribution in [3.05, 3.63) is 59.6 Å². The van der Waals surface area contributed by atoms with Crippen LogP contribution in [0.4, 0.5) is 11.4 Å². The summed E-state index contributed by atoms with van der Waals surface area (Å²) in [5, 5.41) is 10.6. The number of carbonyl (C=O) groups excluding carboxylic acids is 1. The van der Waals surface area contributed by atoms with Crippen LogP contribution >= 0.6 is 11.6 Å². The molecule has 134 valence electrons. The number of anilines is 2. The van der Waals surface area contributed by atoms with Crippen molar-refractivity contribution in [3.8, 4) is 11.4 Å². The number of rotatable bonds is 6. The van der Waals surface area contributed by atoms with Crippen LogP contribution in [0.5, 0.6) is 5.75 Å². The van der Waals surface area contributed by atoms with Crippen molar-refractivity contribution in [2.45, 2.75) is 6.92 Å². The summed E-state index contributed by atoms with van der Waals surface area (Å²) in [6.45, 7) is 2.05. The van der Waals surface area contributed by atoms with E-state index in [0.29, 0.717) is 16.4 Å². The smallest absolute Gasteiger partial charge is 0.243 e. The van der Waals surface area contributed by atoms with Gasteiger partial charge in [0.1, 0.15) is 18.4 Å². The van der Waals surface area contributed by atoms with Crippen molar-refractivity contribution in [2.24, 2.45) is 0 Å². The number of amides is 1. The number of nitrogens with zero attached hydrogens (tertiary/aromatic N) is 3. The molecule has 0 fully saturated rings. The summed E-state index contributed by atoms with van der Waals surface area (Å²) >= 11 is 6.06. The number of aromatic nitrogens is 3. The lowest BCUT2D eigenvalue weighted by molar-refractivity contribution is -0.114. The van der Waals surface area contributed by atoms with Crippen LogP contribution in [0.15, 0.2) is 49.1 Å². The van der Waals surface area contributed by atoms with Gasteiger partial charge in [0.2, 0.25) is 5.91 Å². The maximum Gasteiger partial charge on any atom is 0.243 e. The molecule has 0 aliphatic heterocycles. The normalized spacial score (nSPS) is 10.4. The topological polar surface area (TPSA) is 81.1 Å². The van der Waals surface area contributed by atoms with E-state index in [1.165, 1.54) is 6.33 Å². The van der Waals surface area contributed by atoms with Gasteiger partial charge in [0.05, 0.1) is 25.0 Å². The van der Waals surface area contributed by atoms with Crippen molar-refractivity contribution in [1.29, 1.82) is 0 Å². The number of benzene rings is 2. The van der Waals surface area contributed by atoms with Crippen molar-refractivity contribution >= 4 is 28.9 Å². The molecule has 2 aromatic carbocycles. The molecule has 1 aromatic heterocycles. The standard InChI is InChI=1S/C18H18ClN5O2/c1-12-7-14(26-2)4-5-15(12)21-9-18(25)23-16-8-13(19)3-6-17(16)24-11-20-10-22-24/h3-8,10-11,21H,9H2,1-2H3,(H,23,25). The number of aryl methyl sites for hydroxylation is 1. The molecule has 0 aliphatic carbocycles. The van der Waals surface area contributed by atoms with E-state index in [-0.39, 0.29) is 12.5 Å². The molecule has 0 aliphatic rings. The summed E-state index contributed by atoms with van der Waals surface area (Å²) in [5.41, 5.74) is 3.09. The largest absolute Gasteiger partial charge is 0.497 e. The summed E-state index contributed by atoms with van der Waals surface area (Å²) in [4.78, 5) is 16.3. The van der Waals surface area contributed by atoms with Gasteiger partial charge < -0.3 is 15.4 Å². The first kappa shape index (κ1) is 17.8. The second kappa shape index (κ2) is 7.88. The van der Waals surface area contributed by atoms with Crippen LogP contribution in [-0.4, -0.2) is 34.3 Å². The zero-order chi connectivity index (χ0) is 18.5. The van der Waals surface area contributed by atoms with Crippen LogP contribution in [0.1, 0.15) is 5.56 Å². The number of hydrogen-bond acceptors (Lipinski definition) is 5. The van der Waals surface area contributed by atoms with Crippen LogP contribution in [-0.2, 0) is 4.79 Å². The quantitative estimate of drug-likeness (QED) is 0.695. The van der Waals surface area contributed by atoms with E-state index >= 15 is 0 Å². The van der Waals surface area contributed by atoms with Crippen LogP contribution in [0.3, 0.4) is 0 Å². The van der Waals surface area contributed by atoms with E-state index in [1.54, 1.807) is 36.3 Å². The molecule has 2 N–H and O–H groups in total. The Kier molecular flexibility index (Phi) is 5.38. The molecule has 8 heteroatoms. The minimum absolute atomic E-state index is 0.108. The molecular weight excluding hydrogens is 354 g/mol. The Morgan fingerprint density at radius 1 is 1.23 bits per heavy atom. The van der Waals surface area contributed by atoms with Gasteiger partial charge in [0, 0.05) is 10.7 Å². The van der Waals surface area contributed by atoms with Gasteiger partial charge >= 0.3 is 0 Å². The van der Waals surface area contributed by atoms with Crippen LogP contribution < -0.4 is 15.4 Å². The molecule has 1 heterocycles. The average molecular weight is 372 g/mol. The van der Waals surface area contributed by atoms with E-state index < -0.39 is 0 Å². The molecule has 0 bridgehead atoms. The van der Waals surface area contributed by atoms with Crippen LogP contribution in [0.2, 0.25) is 5.02 Å². The molecule has 26 heavy (non-hydrogen) atoms. The number of methoxy groups -OCH3 is 1. The van der Waals surface area contributed by atoms with Gasteiger partial charge in [-0.1, -0.05) is 11.6 Å². The Morgan fingerprint density at radius 3 is 2.77 bits per heavy atom. The minimum atomic E-state index is -0.205. The average Bonchev–Trinajstić information content (AvgIpc) is 3.15. The predicted octanol–water partition coefficient (Wildman–Crippen LogP) is 3.29. The zero-order valence-corrected chi connectivity index (χ0v) is 15.1. The zero-order valence-electron chi connectivity index (χ0n) is 14.4. The van der Waals surface area contributed by atoms with Gasteiger partial charge in [0.25, 0.3) is 0 Å². The van der Waals surface area contributed by atoms with Crippen molar-refractivity contribution < 1.29 is 9.53 Å². The van der Waals surface area contributed by atoms with Crippen molar-refractivity contribution in [3.63, 3.8) is 0 Å². The Bertz CT molecular complexity index is 912. The number of halogens is 1. The van der Waals surface area contributed by atoms with Gasteiger partial charge in [-0.15, -0.1) is 0 Å². The Labute approximate surface area is 156 Å². The molecule has 0 radical (unpaired) electrons. The lowest BCUT2D eigenvalue weighted by Crippen LogP contribution is -2.23. The van der Waals surface area contributed by atoms with Gasteiger partial charge in [0.15, 0.2) is 0 Å². The lowest BCUT2D eigenvalue weighted by Gasteiger charge is -2.13. The molecular formula is C18H18ClN5O2. The number of ether oxygens (including phenoxy) is 1. The minimum Gasteiger partial charge on any atom is -0.497 e. The lowest BCUT2D eigenvalue weighted by atomic mass is 10.2. The highest BCUT2D eigenvalue weighted by atomic mass is 35.5. The third-order valence-electron chi connectivity index (χ3n) is 3.77. The number of carbonyl (C=O) groups is 1. The summed E-state index contributed by atoms with van der Waals surface area (Å²) in [6.07, 6.45) is 2.98. The SMILES string of the molecule is COc1ccc(NCC(=O)Nc2cc(Cl)ccc2-n2cncn2)c(C)c1. The molecule has 7 nitrogen and oxygen atoms in total. The molecule has 1 amide bonds. The molecule has 3 rings (SSSR count). The molecule has 3 aromatic rings. The fraction of sp³-hybridized carbons (Fsp3) is 0.167. The summed E-state index contributed by atoms with van der Waals surface area (Å²) in [5.74, 6) is 0.567. The van der Waals surface area contributed by atoms with Crippen LogP contribution in [0, 0.1) is 6.92 Å². The molecule has 0 unspecified atom stereocenters. The van der Waals surface area contributed by atoms with E-state index in [0.717, 1.165) is 17.0 Å². The number of hydrogen-bond donors (Lipinski definition) is 2. The van der Waals surface area contributed by atoms with E-state index in [9.17, 15) is 4.79 Å². The first-order valence-corrected chi connectivity index (χ1v) is 8.27. The summed E-state index contributed by atoms with van der Waals surface area (Å²) < 4.78 is 6.74. The van der Waals surface area contributed by atoms with Gasteiger partial charge in [-0.3, -0.25) is 4.79 Å². The summed E-state index contributed by atoms with van der Waals surface area (Å²) in [6, 6.07) is 10.8. The highest BCUT2D eigenvalue weighted by Crippen LogP contribution is 2.24. The van der Waals surface area contributed by atoms with Crippen molar-refractivity contribution in [2.75, 3.05) is 24.3 Å². The fourth-order valence-electron chi connectivity index (χ4n) is 2.47. The van der Waals surface area contributed by atoms with E-state index in [1.807, 2.05) is 25.1 Å². The maximum atomic E-state index is 12.4. The maximum absolute atomic E-state index is 12.4. The van der Waals surface area contributed by atoms with Crippen molar-refractivity contribution in [1.82, 2.24) is 14.8 Å². The Morgan fingerprint density at radius 2 is 2.08 bits per heavy atom. The first-order chi connectivity index (χ1) is 12.6. The van der Waals surface area contributed by atoms with Gasteiger partial charge in [-0.25, -0.2) is 9.67 Å². The van der Waals surface area contributed by atoms with E-state index in [4.69, 9.17) is 16.3 Å². The van der Waals surface area contributed by atoms with Crippen LogP contribution in [0.25, 0.3) is 5.69 Å². The Balaban J connectivity index is 1.70. The van der Waals surface area contributed by atoms with E-state index in [2.05, 4.69) is 20.7 Å². The monoisotopic (exact) mass is 371 g/mol. The first-order valence-electron chi connectivity index (χ1n) is 7.90. The van der Waals surface area contributed by atoms with Gasteiger partial charge in [-0.2, -0.15) is 5.10 Å². The molecule has 0 saturated carbocycles. The number of nitrogens with one attached hydrogen (secondary N) is 2. The third kappa shape index (κ3) is 4.12. The van der Waals surface area contributed by atoms with Gasteiger partial charge in [-0.05, 0) is 48.9 Å². The fourth-order valence-corrected chi connectivity index (χ4v) is 2.64.